The van der Waals surface area contributed by atoms with Crippen molar-refractivity contribution < 1.29 is 23.5 Å². The maximum Gasteiger partial charge on any atom is 0.273 e. The molecule has 0 saturated heterocycles. The number of carbonyl (C=O) groups excluding carboxylic acids is 2. The highest BCUT2D eigenvalue weighted by atomic mass is 35.5. The van der Waals surface area contributed by atoms with Crippen molar-refractivity contribution in [2.75, 3.05) is 0 Å². The van der Waals surface area contributed by atoms with E-state index in [1.54, 1.807) is 0 Å². The van der Waals surface area contributed by atoms with Gasteiger partial charge in [-0.2, -0.15) is 0 Å². The average molecular weight is 327 g/mol. The van der Waals surface area contributed by atoms with Crippen molar-refractivity contribution in [2.24, 2.45) is 0 Å². The van der Waals surface area contributed by atoms with Gasteiger partial charge < -0.3 is 5.11 Å². The van der Waals surface area contributed by atoms with E-state index < -0.39 is 29.0 Å². The number of phenolic OH excluding ortho intramolecular Hbond substituents is 1. The summed E-state index contributed by atoms with van der Waals surface area (Å²) in [4.78, 5) is 23.5. The standard InChI is InChI=1S/C14H9ClF2N2O3/c15-7-1-4-12(20)10(5-7)14(22)19-18-13(21)9-3-2-8(16)6-11(9)17/h1-6,20H,(H,18,21)(H,19,22). The predicted octanol–water partition coefficient (Wildman–Crippen LogP) is 2.40. The van der Waals surface area contributed by atoms with Crippen LogP contribution >= 0.6 is 11.6 Å². The Bertz CT molecular complexity index is 753. The van der Waals surface area contributed by atoms with E-state index in [0.717, 1.165) is 12.1 Å². The van der Waals surface area contributed by atoms with Crippen LogP contribution in [0.4, 0.5) is 8.78 Å². The third kappa shape index (κ3) is 3.50. The molecule has 0 atom stereocenters. The van der Waals surface area contributed by atoms with E-state index >= 15 is 0 Å². The van der Waals surface area contributed by atoms with Crippen LogP contribution in [0.5, 0.6) is 5.75 Å². The van der Waals surface area contributed by atoms with Crippen molar-refractivity contribution in [1.29, 1.82) is 0 Å². The molecule has 0 fully saturated rings. The minimum atomic E-state index is -1.07. The Kier molecular flexibility index (Phi) is 4.57. The van der Waals surface area contributed by atoms with Gasteiger partial charge in [0.2, 0.25) is 0 Å². The number of amides is 2. The van der Waals surface area contributed by atoms with Crippen LogP contribution in [0.15, 0.2) is 36.4 Å². The average Bonchev–Trinajstić information content (AvgIpc) is 2.47. The van der Waals surface area contributed by atoms with Gasteiger partial charge in [0.15, 0.2) is 0 Å². The fraction of sp³-hybridized carbons (Fsp3) is 0. The molecule has 0 bridgehead atoms. The number of phenols is 1. The first-order valence-corrected chi connectivity index (χ1v) is 6.30. The van der Waals surface area contributed by atoms with Gasteiger partial charge in [-0.3, -0.25) is 20.4 Å². The number of hydrogen-bond donors (Lipinski definition) is 3. The van der Waals surface area contributed by atoms with Gasteiger partial charge in [-0.1, -0.05) is 11.6 Å². The predicted molar refractivity (Wildman–Crippen MR) is 74.4 cm³/mol. The van der Waals surface area contributed by atoms with Crippen LogP contribution in [0.25, 0.3) is 0 Å². The first kappa shape index (κ1) is 15.7. The zero-order chi connectivity index (χ0) is 16.3. The molecule has 0 aliphatic heterocycles. The van der Waals surface area contributed by atoms with Crippen molar-refractivity contribution in [1.82, 2.24) is 10.9 Å². The number of hydrogen-bond acceptors (Lipinski definition) is 3. The van der Waals surface area contributed by atoms with Crippen LogP contribution < -0.4 is 10.9 Å². The Morgan fingerprint density at radius 3 is 2.23 bits per heavy atom. The van der Waals surface area contributed by atoms with E-state index in [4.69, 9.17) is 11.6 Å². The van der Waals surface area contributed by atoms with Crippen LogP contribution in [0, 0.1) is 11.6 Å². The lowest BCUT2D eigenvalue weighted by molar-refractivity contribution is 0.0842. The number of rotatable bonds is 2. The van der Waals surface area contributed by atoms with Crippen LogP contribution in [-0.2, 0) is 0 Å². The van der Waals surface area contributed by atoms with Gasteiger partial charge in [0, 0.05) is 11.1 Å². The molecule has 5 nitrogen and oxygen atoms in total. The van der Waals surface area contributed by atoms with Crippen molar-refractivity contribution in [2.45, 2.75) is 0 Å². The molecule has 2 aromatic carbocycles. The fourth-order valence-electron chi connectivity index (χ4n) is 1.61. The maximum absolute atomic E-state index is 13.4. The molecule has 0 spiro atoms. The molecule has 2 aromatic rings. The van der Waals surface area contributed by atoms with Gasteiger partial charge in [-0.05, 0) is 30.3 Å². The van der Waals surface area contributed by atoms with Crippen LogP contribution in [0.2, 0.25) is 5.02 Å². The molecule has 0 heterocycles. The number of carbonyl (C=O) groups is 2. The summed E-state index contributed by atoms with van der Waals surface area (Å²) in [7, 11) is 0. The highest BCUT2D eigenvalue weighted by Gasteiger charge is 2.15. The van der Waals surface area contributed by atoms with Gasteiger partial charge in [0.05, 0.1) is 11.1 Å². The summed E-state index contributed by atoms with van der Waals surface area (Å²) >= 11 is 5.69. The van der Waals surface area contributed by atoms with Crippen LogP contribution in [0.3, 0.4) is 0 Å². The van der Waals surface area contributed by atoms with E-state index in [1.807, 2.05) is 10.9 Å². The van der Waals surface area contributed by atoms with Crippen molar-refractivity contribution in [3.05, 3.63) is 64.2 Å². The topological polar surface area (TPSA) is 78.4 Å². The quantitative estimate of drug-likeness (QED) is 0.742. The molecule has 0 aliphatic rings. The van der Waals surface area contributed by atoms with Gasteiger partial charge >= 0.3 is 0 Å². The molecule has 0 unspecified atom stereocenters. The molecule has 3 N–H and O–H groups in total. The number of hydrazine groups is 1. The van der Waals surface area contributed by atoms with E-state index in [2.05, 4.69) is 0 Å². The molecule has 2 rings (SSSR count). The molecular formula is C14H9ClF2N2O3. The third-order valence-corrected chi connectivity index (χ3v) is 2.90. The van der Waals surface area contributed by atoms with E-state index in [9.17, 15) is 23.5 Å². The zero-order valence-electron chi connectivity index (χ0n) is 10.9. The molecule has 22 heavy (non-hydrogen) atoms. The fourth-order valence-corrected chi connectivity index (χ4v) is 1.78. The normalized spacial score (nSPS) is 10.1. The second kappa shape index (κ2) is 6.40. The summed E-state index contributed by atoms with van der Waals surface area (Å²) in [5.41, 5.74) is 3.32. The van der Waals surface area contributed by atoms with E-state index in [-0.39, 0.29) is 16.3 Å². The van der Waals surface area contributed by atoms with Crippen molar-refractivity contribution in [3.8, 4) is 5.75 Å². The number of benzene rings is 2. The number of halogens is 3. The summed E-state index contributed by atoms with van der Waals surface area (Å²) in [6, 6.07) is 6.15. The number of aromatic hydroxyl groups is 1. The molecule has 0 aliphatic carbocycles. The Morgan fingerprint density at radius 1 is 0.955 bits per heavy atom. The molecule has 114 valence electrons. The van der Waals surface area contributed by atoms with Crippen LogP contribution in [-0.4, -0.2) is 16.9 Å². The molecule has 0 saturated carbocycles. The maximum atomic E-state index is 13.4. The van der Waals surface area contributed by atoms with Crippen molar-refractivity contribution in [3.63, 3.8) is 0 Å². The molecule has 8 heteroatoms. The van der Waals surface area contributed by atoms with E-state index in [1.165, 1.54) is 18.2 Å². The molecule has 0 aromatic heterocycles. The Labute approximate surface area is 128 Å². The number of nitrogens with one attached hydrogen (secondary N) is 2. The smallest absolute Gasteiger partial charge is 0.273 e. The van der Waals surface area contributed by atoms with Crippen molar-refractivity contribution >= 4 is 23.4 Å². The summed E-state index contributed by atoms with van der Waals surface area (Å²) < 4.78 is 26.1. The van der Waals surface area contributed by atoms with Crippen LogP contribution in [0.1, 0.15) is 20.7 Å². The Balaban J connectivity index is 2.07. The summed E-state index contributed by atoms with van der Waals surface area (Å²) in [5, 5.41) is 9.74. The lowest BCUT2D eigenvalue weighted by Gasteiger charge is -2.09. The van der Waals surface area contributed by atoms with E-state index in [0.29, 0.717) is 6.07 Å². The minimum absolute atomic E-state index is 0.174. The zero-order valence-corrected chi connectivity index (χ0v) is 11.6. The largest absolute Gasteiger partial charge is 0.507 e. The van der Waals surface area contributed by atoms with Gasteiger partial charge in [-0.25, -0.2) is 8.78 Å². The highest BCUT2D eigenvalue weighted by molar-refractivity contribution is 6.31. The second-order valence-electron chi connectivity index (χ2n) is 4.19. The first-order valence-electron chi connectivity index (χ1n) is 5.92. The SMILES string of the molecule is O=C(NNC(=O)c1ccc(F)cc1F)c1cc(Cl)ccc1O. The lowest BCUT2D eigenvalue weighted by atomic mass is 10.2. The summed E-state index contributed by atoms with van der Waals surface area (Å²) in [6.07, 6.45) is 0. The molecule has 2 amide bonds. The Hall–Kier alpha value is -2.67. The van der Waals surface area contributed by atoms with Gasteiger partial charge in [-0.15, -0.1) is 0 Å². The third-order valence-electron chi connectivity index (χ3n) is 2.67. The summed E-state index contributed by atoms with van der Waals surface area (Å²) in [5.74, 6) is -4.08. The molecule has 0 radical (unpaired) electrons. The summed E-state index contributed by atoms with van der Waals surface area (Å²) in [6.45, 7) is 0. The Morgan fingerprint density at radius 2 is 1.59 bits per heavy atom. The second-order valence-corrected chi connectivity index (χ2v) is 4.63. The minimum Gasteiger partial charge on any atom is -0.507 e. The highest BCUT2D eigenvalue weighted by Crippen LogP contribution is 2.21. The van der Waals surface area contributed by atoms with Gasteiger partial charge in [0.25, 0.3) is 11.8 Å². The monoisotopic (exact) mass is 326 g/mol. The first-order chi connectivity index (χ1) is 10.4. The molecular weight excluding hydrogens is 318 g/mol. The lowest BCUT2D eigenvalue weighted by Crippen LogP contribution is -2.42. The van der Waals surface area contributed by atoms with Gasteiger partial charge in [0.1, 0.15) is 17.4 Å².